The topological polar surface area (TPSA) is 66.4 Å². The van der Waals surface area contributed by atoms with Crippen molar-refractivity contribution >= 4 is 23.6 Å². The van der Waals surface area contributed by atoms with Gasteiger partial charge in [-0.1, -0.05) is 6.07 Å². The molecule has 2 rings (SSSR count). The van der Waals surface area contributed by atoms with E-state index in [0.717, 1.165) is 18.9 Å². The average Bonchev–Trinajstić information content (AvgIpc) is 3.13. The standard InChI is InChI=1S/C14H14FNO3/c15-11-7-9(4-6-14(18)19)3-5-12(11)16-13(17)8-10-1-2-10/h3-7,10H,1-2,8H2,(H,16,17)(H,18,19). The van der Waals surface area contributed by atoms with Gasteiger partial charge in [-0.25, -0.2) is 9.18 Å². The number of hydrogen-bond donors (Lipinski definition) is 2. The third-order valence-corrected chi connectivity index (χ3v) is 2.86. The van der Waals surface area contributed by atoms with Crippen molar-refractivity contribution < 1.29 is 19.1 Å². The van der Waals surface area contributed by atoms with Gasteiger partial charge >= 0.3 is 5.97 Å². The van der Waals surface area contributed by atoms with Crippen LogP contribution in [0.1, 0.15) is 24.8 Å². The Labute approximate surface area is 109 Å². The normalized spacial score (nSPS) is 14.6. The number of hydrogen-bond acceptors (Lipinski definition) is 2. The van der Waals surface area contributed by atoms with Gasteiger partial charge in [0.1, 0.15) is 5.82 Å². The third-order valence-electron chi connectivity index (χ3n) is 2.86. The summed E-state index contributed by atoms with van der Waals surface area (Å²) in [4.78, 5) is 21.9. The number of nitrogens with one attached hydrogen (secondary N) is 1. The molecule has 0 aromatic heterocycles. The number of carboxylic acids is 1. The van der Waals surface area contributed by atoms with E-state index in [0.29, 0.717) is 17.9 Å². The molecule has 0 radical (unpaired) electrons. The fraction of sp³-hybridized carbons (Fsp3) is 0.286. The smallest absolute Gasteiger partial charge is 0.328 e. The number of benzene rings is 1. The minimum Gasteiger partial charge on any atom is -0.478 e. The fourth-order valence-electron chi connectivity index (χ4n) is 1.69. The van der Waals surface area contributed by atoms with E-state index in [9.17, 15) is 14.0 Å². The van der Waals surface area contributed by atoms with Crippen molar-refractivity contribution in [2.75, 3.05) is 5.32 Å². The van der Waals surface area contributed by atoms with E-state index in [1.807, 2.05) is 0 Å². The Morgan fingerprint density at radius 3 is 2.74 bits per heavy atom. The Hall–Kier alpha value is -2.17. The predicted molar refractivity (Wildman–Crippen MR) is 69.0 cm³/mol. The van der Waals surface area contributed by atoms with Crippen molar-refractivity contribution in [3.63, 3.8) is 0 Å². The minimum atomic E-state index is -1.10. The summed E-state index contributed by atoms with van der Waals surface area (Å²) in [7, 11) is 0. The molecular formula is C14H14FNO3. The van der Waals surface area contributed by atoms with Gasteiger partial charge in [0.2, 0.25) is 5.91 Å². The summed E-state index contributed by atoms with van der Waals surface area (Å²) in [6.07, 6.45) is 4.78. The van der Waals surface area contributed by atoms with Crippen molar-refractivity contribution in [2.24, 2.45) is 5.92 Å². The molecule has 100 valence electrons. The maximum atomic E-state index is 13.7. The summed E-state index contributed by atoms with van der Waals surface area (Å²) >= 11 is 0. The number of aliphatic carboxylic acids is 1. The summed E-state index contributed by atoms with van der Waals surface area (Å²) in [5, 5.41) is 11.0. The van der Waals surface area contributed by atoms with Gasteiger partial charge in [-0.05, 0) is 42.5 Å². The van der Waals surface area contributed by atoms with E-state index >= 15 is 0 Å². The van der Waals surface area contributed by atoms with Crippen molar-refractivity contribution in [3.8, 4) is 0 Å². The van der Waals surface area contributed by atoms with Crippen molar-refractivity contribution in [1.82, 2.24) is 0 Å². The summed E-state index contributed by atoms with van der Waals surface area (Å²) in [6, 6.07) is 4.17. The van der Waals surface area contributed by atoms with Crippen molar-refractivity contribution in [2.45, 2.75) is 19.3 Å². The zero-order valence-corrected chi connectivity index (χ0v) is 10.2. The monoisotopic (exact) mass is 263 g/mol. The highest BCUT2D eigenvalue weighted by Gasteiger charge is 2.24. The lowest BCUT2D eigenvalue weighted by Gasteiger charge is -2.06. The zero-order chi connectivity index (χ0) is 13.8. The van der Waals surface area contributed by atoms with Crippen LogP contribution in [-0.2, 0) is 9.59 Å². The van der Waals surface area contributed by atoms with Crippen LogP contribution < -0.4 is 5.32 Å². The molecule has 5 heteroatoms. The van der Waals surface area contributed by atoms with Crippen LogP contribution in [-0.4, -0.2) is 17.0 Å². The van der Waals surface area contributed by atoms with Gasteiger partial charge in [-0.15, -0.1) is 0 Å². The molecule has 1 saturated carbocycles. The van der Waals surface area contributed by atoms with Crippen LogP contribution in [0.5, 0.6) is 0 Å². The molecular weight excluding hydrogens is 249 g/mol. The molecule has 1 aromatic rings. The first-order chi connectivity index (χ1) is 9.04. The Morgan fingerprint density at radius 1 is 1.42 bits per heavy atom. The molecule has 0 heterocycles. The van der Waals surface area contributed by atoms with Gasteiger partial charge in [-0.3, -0.25) is 4.79 Å². The van der Waals surface area contributed by atoms with Gasteiger partial charge < -0.3 is 10.4 Å². The van der Waals surface area contributed by atoms with E-state index in [-0.39, 0.29) is 11.6 Å². The van der Waals surface area contributed by atoms with Crippen LogP contribution in [0.15, 0.2) is 24.3 Å². The molecule has 0 bridgehead atoms. The second-order valence-electron chi connectivity index (χ2n) is 4.61. The quantitative estimate of drug-likeness (QED) is 0.802. The molecule has 4 nitrogen and oxygen atoms in total. The maximum absolute atomic E-state index is 13.7. The second kappa shape index (κ2) is 5.65. The highest BCUT2D eigenvalue weighted by atomic mass is 19.1. The first kappa shape index (κ1) is 13.3. The number of carbonyl (C=O) groups excluding carboxylic acids is 1. The lowest BCUT2D eigenvalue weighted by atomic mass is 10.1. The summed E-state index contributed by atoms with van der Waals surface area (Å²) in [5.74, 6) is -1.41. The Kier molecular flexibility index (Phi) is 3.94. The van der Waals surface area contributed by atoms with Gasteiger partial charge in [0.05, 0.1) is 5.69 Å². The predicted octanol–water partition coefficient (Wildman–Crippen LogP) is 2.66. The maximum Gasteiger partial charge on any atom is 0.328 e. The molecule has 0 atom stereocenters. The van der Waals surface area contributed by atoms with Crippen LogP contribution in [0.25, 0.3) is 6.08 Å². The second-order valence-corrected chi connectivity index (χ2v) is 4.61. The Bertz CT molecular complexity index is 535. The number of amides is 1. The first-order valence-electron chi connectivity index (χ1n) is 6.05. The van der Waals surface area contributed by atoms with Crippen LogP contribution in [0, 0.1) is 11.7 Å². The Morgan fingerprint density at radius 2 is 2.16 bits per heavy atom. The van der Waals surface area contributed by atoms with E-state index in [4.69, 9.17) is 5.11 Å². The van der Waals surface area contributed by atoms with Gasteiger partial charge in [0.25, 0.3) is 0 Å². The van der Waals surface area contributed by atoms with Gasteiger partial charge in [0.15, 0.2) is 0 Å². The largest absolute Gasteiger partial charge is 0.478 e. The molecule has 0 aliphatic heterocycles. The minimum absolute atomic E-state index is 0.123. The molecule has 0 spiro atoms. The van der Waals surface area contributed by atoms with E-state index in [2.05, 4.69) is 5.32 Å². The van der Waals surface area contributed by atoms with Crippen LogP contribution in [0.4, 0.5) is 10.1 Å². The van der Waals surface area contributed by atoms with Crippen LogP contribution >= 0.6 is 0 Å². The van der Waals surface area contributed by atoms with Crippen molar-refractivity contribution in [3.05, 3.63) is 35.7 Å². The Balaban J connectivity index is 2.01. The average molecular weight is 263 g/mol. The van der Waals surface area contributed by atoms with Gasteiger partial charge in [0, 0.05) is 12.5 Å². The lowest BCUT2D eigenvalue weighted by molar-refractivity contribution is -0.131. The number of rotatable bonds is 5. The number of halogens is 1. The highest BCUT2D eigenvalue weighted by Crippen LogP contribution is 2.32. The molecule has 2 N–H and O–H groups in total. The van der Waals surface area contributed by atoms with Gasteiger partial charge in [-0.2, -0.15) is 0 Å². The molecule has 1 aliphatic carbocycles. The highest BCUT2D eigenvalue weighted by molar-refractivity contribution is 5.91. The van der Waals surface area contributed by atoms with Crippen LogP contribution in [0.3, 0.4) is 0 Å². The summed E-state index contributed by atoms with van der Waals surface area (Å²) < 4.78 is 13.7. The first-order valence-corrected chi connectivity index (χ1v) is 6.05. The molecule has 1 aromatic carbocycles. The van der Waals surface area contributed by atoms with E-state index in [1.54, 1.807) is 6.07 Å². The summed E-state index contributed by atoms with van der Waals surface area (Å²) in [5.41, 5.74) is 0.554. The summed E-state index contributed by atoms with van der Waals surface area (Å²) in [6.45, 7) is 0. The van der Waals surface area contributed by atoms with E-state index in [1.165, 1.54) is 18.2 Å². The third kappa shape index (κ3) is 4.21. The fourth-order valence-corrected chi connectivity index (χ4v) is 1.69. The molecule has 1 fully saturated rings. The SMILES string of the molecule is O=C(O)C=Cc1ccc(NC(=O)CC2CC2)c(F)c1. The molecule has 1 amide bonds. The zero-order valence-electron chi connectivity index (χ0n) is 10.2. The van der Waals surface area contributed by atoms with Crippen LogP contribution in [0.2, 0.25) is 0 Å². The molecule has 1 aliphatic rings. The number of carbonyl (C=O) groups is 2. The van der Waals surface area contributed by atoms with Crippen molar-refractivity contribution in [1.29, 1.82) is 0 Å². The number of carboxylic acid groups (broad SMARTS) is 1. The molecule has 19 heavy (non-hydrogen) atoms. The number of anilines is 1. The molecule has 0 unspecified atom stereocenters. The van der Waals surface area contributed by atoms with E-state index < -0.39 is 11.8 Å². The lowest BCUT2D eigenvalue weighted by Crippen LogP contribution is -2.13. The molecule has 0 saturated heterocycles.